The number of hydrogen-bond acceptors (Lipinski definition) is 4. The summed E-state index contributed by atoms with van der Waals surface area (Å²) in [6.07, 6.45) is 12.2. The van der Waals surface area contributed by atoms with E-state index < -0.39 is 0 Å². The molecular formula is C57H36N6. The minimum Gasteiger partial charge on any atom is -0.349 e. The lowest BCUT2D eigenvalue weighted by atomic mass is 9.84. The van der Waals surface area contributed by atoms with Gasteiger partial charge in [-0.25, -0.2) is 9.97 Å². The lowest BCUT2D eigenvalue weighted by molar-refractivity contribution is 0.650. The molecular weight excluding hydrogens is 769 g/mol. The molecule has 0 amide bonds. The Kier molecular flexibility index (Phi) is 7.15. The van der Waals surface area contributed by atoms with Crippen molar-refractivity contribution in [2.24, 2.45) is 0 Å². The molecule has 2 bridgehead atoms. The van der Waals surface area contributed by atoms with Crippen molar-refractivity contribution >= 4 is 27.7 Å². The van der Waals surface area contributed by atoms with Crippen molar-refractivity contribution in [3.8, 4) is 69.0 Å². The van der Waals surface area contributed by atoms with Gasteiger partial charge in [-0.3, -0.25) is 0 Å². The van der Waals surface area contributed by atoms with E-state index in [1.54, 1.807) is 0 Å². The van der Waals surface area contributed by atoms with Gasteiger partial charge in [0.25, 0.3) is 0 Å². The maximum atomic E-state index is 5.08. The quantitative estimate of drug-likeness (QED) is 0.171. The van der Waals surface area contributed by atoms with Gasteiger partial charge >= 0.3 is 0 Å². The van der Waals surface area contributed by atoms with Crippen LogP contribution in [0.5, 0.6) is 0 Å². The molecule has 63 heavy (non-hydrogen) atoms. The minimum atomic E-state index is 0.271. The Morgan fingerprint density at radius 2 is 1.21 bits per heavy atom. The largest absolute Gasteiger partial charge is 0.349 e. The van der Waals surface area contributed by atoms with E-state index in [1.807, 2.05) is 0 Å². The summed E-state index contributed by atoms with van der Waals surface area (Å²) in [6, 6.07) is 43.1. The van der Waals surface area contributed by atoms with Crippen LogP contribution in [0.2, 0.25) is 0 Å². The van der Waals surface area contributed by atoms with Crippen molar-refractivity contribution in [2.75, 3.05) is 16.5 Å². The molecule has 0 saturated carbocycles. The van der Waals surface area contributed by atoms with E-state index in [-0.39, 0.29) is 5.92 Å². The van der Waals surface area contributed by atoms with E-state index in [1.165, 1.54) is 66.8 Å². The number of nitrogens with zero attached hydrogens (tertiary/aromatic N) is 4. The van der Waals surface area contributed by atoms with Gasteiger partial charge in [0, 0.05) is 85.8 Å². The molecule has 0 radical (unpaired) electrons. The molecule has 4 aliphatic carbocycles. The van der Waals surface area contributed by atoms with Gasteiger partial charge in [0.05, 0.1) is 29.4 Å². The molecule has 2 aromatic heterocycles. The second-order valence-electron chi connectivity index (χ2n) is 17.2. The van der Waals surface area contributed by atoms with Crippen LogP contribution in [-0.2, 0) is 13.1 Å². The molecule has 6 nitrogen and oxygen atoms in total. The SMILES string of the molecule is C(#Cc1ccc2c(c1)CN1CN2Cc2cc(C#Cc3ccc(-c4nc5c([nH]4)C4C=CC=C6CC=CC5=C64)cc3)ccc21)c1ccc(-c2nc3c([nH]2)-c2cccc4cccc-3c24)cc1. The monoisotopic (exact) mass is 804 g/mol. The van der Waals surface area contributed by atoms with E-state index in [2.05, 4.69) is 195 Å². The summed E-state index contributed by atoms with van der Waals surface area (Å²) in [6.45, 7) is 2.56. The average Bonchev–Trinajstić information content (AvgIpc) is 4.10. The second kappa shape index (κ2) is 13.1. The molecule has 1 atom stereocenters. The summed E-state index contributed by atoms with van der Waals surface area (Å²) in [5.74, 6) is 15.8. The fourth-order valence-electron chi connectivity index (χ4n) is 10.6. The van der Waals surface area contributed by atoms with E-state index in [9.17, 15) is 0 Å². The van der Waals surface area contributed by atoms with Crippen molar-refractivity contribution in [3.05, 3.63) is 208 Å². The van der Waals surface area contributed by atoms with Crippen LogP contribution in [0.15, 0.2) is 163 Å². The van der Waals surface area contributed by atoms with Crippen LogP contribution in [0.4, 0.5) is 11.4 Å². The van der Waals surface area contributed by atoms with E-state index in [0.717, 1.165) is 88.3 Å². The maximum Gasteiger partial charge on any atom is 0.138 e. The summed E-state index contributed by atoms with van der Waals surface area (Å²) in [5, 5.41) is 2.53. The van der Waals surface area contributed by atoms with E-state index >= 15 is 0 Å². The van der Waals surface area contributed by atoms with Crippen LogP contribution in [0.1, 0.15) is 57.1 Å². The Balaban J connectivity index is 0.656. The van der Waals surface area contributed by atoms with E-state index in [4.69, 9.17) is 9.97 Å². The number of aromatic nitrogens is 4. The third-order valence-corrected chi connectivity index (χ3v) is 13.5. The van der Waals surface area contributed by atoms with Crippen molar-refractivity contribution in [1.82, 2.24) is 19.9 Å². The smallest absolute Gasteiger partial charge is 0.138 e. The van der Waals surface area contributed by atoms with Crippen LogP contribution in [0.3, 0.4) is 0 Å². The summed E-state index contributed by atoms with van der Waals surface area (Å²) in [5.41, 5.74) is 22.2. The molecule has 2 N–H and O–H groups in total. The predicted octanol–water partition coefficient (Wildman–Crippen LogP) is 11.7. The highest BCUT2D eigenvalue weighted by atomic mass is 15.4. The highest BCUT2D eigenvalue weighted by molar-refractivity contribution is 6.13. The summed E-state index contributed by atoms with van der Waals surface area (Å²) in [4.78, 5) is 22.3. The number of aromatic amines is 2. The Labute approximate surface area is 364 Å². The number of H-pyrrole nitrogens is 2. The molecule has 4 heterocycles. The molecule has 1 unspecified atom stereocenters. The number of fused-ring (bicyclic) bond motifs is 12. The first-order valence-corrected chi connectivity index (χ1v) is 21.7. The van der Waals surface area contributed by atoms with E-state index in [0.29, 0.717) is 0 Å². The minimum absolute atomic E-state index is 0.271. The van der Waals surface area contributed by atoms with Crippen LogP contribution < -0.4 is 9.80 Å². The van der Waals surface area contributed by atoms with Gasteiger partial charge in [-0.15, -0.1) is 0 Å². The number of hydrogen-bond donors (Lipinski definition) is 2. The third kappa shape index (κ3) is 5.35. The highest BCUT2D eigenvalue weighted by Crippen LogP contribution is 2.50. The first-order chi connectivity index (χ1) is 31.1. The van der Waals surface area contributed by atoms with Crippen LogP contribution in [0, 0.1) is 23.7 Å². The standard InChI is InChI=1S/C57H36N6/c1-5-38-6-2-10-45-50(38)44(9-1)52-53(45)59-56(58-52)40-23-17-34(18-24-40)13-15-36-21-27-48-42(29-36)31-62-33-63(48)32-43-30-37(22-28-49(43)62)16-14-35-19-25-41(26-20-35)57-60-54-46-11-3-7-39-8-4-12-47(51(39)46)55(54)61-57/h1-7,9-12,17-30,46H,8,31-33H2,(H,58,59)(H,60,61). The zero-order chi connectivity index (χ0) is 41.2. The second-order valence-corrected chi connectivity index (χ2v) is 17.2. The zero-order valence-corrected chi connectivity index (χ0v) is 34.1. The lowest BCUT2D eigenvalue weighted by Gasteiger charge is -2.44. The number of benzene rings is 6. The molecule has 14 rings (SSSR count). The number of anilines is 2. The first kappa shape index (κ1) is 34.4. The van der Waals surface area contributed by atoms with Crippen LogP contribution in [0.25, 0.3) is 61.6 Å². The topological polar surface area (TPSA) is 63.8 Å². The predicted molar refractivity (Wildman–Crippen MR) is 253 cm³/mol. The Hall–Kier alpha value is -8.32. The fourth-order valence-corrected chi connectivity index (χ4v) is 10.6. The number of imidazole rings is 2. The van der Waals surface area contributed by atoms with Crippen LogP contribution in [-0.4, -0.2) is 26.6 Å². The normalized spacial score (nSPS) is 16.4. The molecule has 2 aliphatic heterocycles. The van der Waals surface area contributed by atoms with Crippen molar-refractivity contribution in [1.29, 1.82) is 0 Å². The Bertz CT molecular complexity index is 3530. The summed E-state index contributed by atoms with van der Waals surface area (Å²) < 4.78 is 0. The van der Waals surface area contributed by atoms with Crippen molar-refractivity contribution < 1.29 is 0 Å². The maximum absolute atomic E-state index is 5.08. The molecule has 6 heteroatoms. The molecule has 8 aromatic rings. The molecule has 294 valence electrons. The van der Waals surface area contributed by atoms with Gasteiger partial charge in [-0.1, -0.05) is 115 Å². The van der Waals surface area contributed by atoms with Crippen LogP contribution >= 0.6 is 0 Å². The summed E-state index contributed by atoms with van der Waals surface area (Å²) in [7, 11) is 0. The van der Waals surface area contributed by atoms with Gasteiger partial charge < -0.3 is 19.8 Å². The Morgan fingerprint density at radius 1 is 0.603 bits per heavy atom. The van der Waals surface area contributed by atoms with Gasteiger partial charge in [-0.05, 0) is 94.7 Å². The fraction of sp³-hybridized carbons (Fsp3) is 0.0877. The van der Waals surface area contributed by atoms with Crippen molar-refractivity contribution in [2.45, 2.75) is 25.4 Å². The highest BCUT2D eigenvalue weighted by Gasteiger charge is 2.36. The molecule has 6 aliphatic rings. The Morgan fingerprint density at radius 3 is 1.89 bits per heavy atom. The average molecular weight is 805 g/mol. The molecule has 0 saturated heterocycles. The van der Waals surface area contributed by atoms with Gasteiger partial charge in [0.15, 0.2) is 0 Å². The molecule has 0 spiro atoms. The van der Waals surface area contributed by atoms with Crippen molar-refractivity contribution in [3.63, 3.8) is 0 Å². The lowest BCUT2D eigenvalue weighted by Crippen LogP contribution is -2.46. The summed E-state index contributed by atoms with van der Waals surface area (Å²) >= 11 is 0. The third-order valence-electron chi connectivity index (χ3n) is 13.5. The number of nitrogens with one attached hydrogen (secondary N) is 2. The molecule has 0 fully saturated rings. The van der Waals surface area contributed by atoms with Gasteiger partial charge in [-0.2, -0.15) is 0 Å². The zero-order valence-electron chi connectivity index (χ0n) is 34.1. The first-order valence-electron chi connectivity index (χ1n) is 21.7. The number of allylic oxidation sites excluding steroid dienone is 8. The number of rotatable bonds is 2. The molecule has 6 aromatic carbocycles. The van der Waals surface area contributed by atoms with Gasteiger partial charge in [0.2, 0.25) is 0 Å². The van der Waals surface area contributed by atoms with Gasteiger partial charge in [0.1, 0.15) is 11.6 Å².